The normalized spacial score (nSPS) is 26.7. The Kier molecular flexibility index (Phi) is 11.5. The Balaban J connectivity index is 1.19. The van der Waals surface area contributed by atoms with Crippen molar-refractivity contribution in [2.24, 2.45) is 0 Å². The lowest BCUT2D eigenvalue weighted by Gasteiger charge is -2.59. The van der Waals surface area contributed by atoms with Crippen LogP contribution >= 0.6 is 11.8 Å². The van der Waals surface area contributed by atoms with Crippen molar-refractivity contribution in [1.82, 2.24) is 15.5 Å². The molecule has 0 amide bonds. The first-order valence-corrected chi connectivity index (χ1v) is 22.7. The largest absolute Gasteiger partial charge is 0.504 e. The van der Waals surface area contributed by atoms with E-state index in [9.17, 15) is 24.6 Å². The number of esters is 3. The van der Waals surface area contributed by atoms with Crippen LogP contribution in [-0.2, 0) is 37.5 Å². The molecule has 15 nitrogen and oxygen atoms in total. The van der Waals surface area contributed by atoms with Gasteiger partial charge in [0.2, 0.25) is 6.79 Å². The maximum Gasteiger partial charge on any atom is 0.331 e. The summed E-state index contributed by atoms with van der Waals surface area (Å²) < 4.78 is 42.3. The van der Waals surface area contributed by atoms with Crippen molar-refractivity contribution in [2.75, 3.05) is 39.9 Å². The van der Waals surface area contributed by atoms with Gasteiger partial charge in [0, 0.05) is 53.9 Å². The van der Waals surface area contributed by atoms with Crippen molar-refractivity contribution < 1.29 is 57.8 Å². The molecule has 0 saturated carbocycles. The van der Waals surface area contributed by atoms with Gasteiger partial charge in [0.15, 0.2) is 40.0 Å². The van der Waals surface area contributed by atoms with Crippen LogP contribution in [0, 0.1) is 13.8 Å². The van der Waals surface area contributed by atoms with Crippen LogP contribution in [0.25, 0.3) is 0 Å². The number of fused-ring (bicyclic) bond motifs is 9. The van der Waals surface area contributed by atoms with Gasteiger partial charge in [-0.15, -0.1) is 11.8 Å². The zero-order valence-corrected chi connectivity index (χ0v) is 36.8. The third-order valence-corrected chi connectivity index (χ3v) is 14.9. The summed E-state index contributed by atoms with van der Waals surface area (Å²) in [5.41, 5.74) is 4.20. The number of thioether (sulfide) groups is 1. The molecular formula is C46H55N3O12S. The molecule has 10 rings (SSSR count). The molecule has 7 atom stereocenters. The second-order valence-electron chi connectivity index (χ2n) is 17.1. The number of aromatic hydroxyl groups is 1. The number of unbranched alkanes of at least 4 members (excludes halogenated alkanes) is 4. The fourth-order valence-electron chi connectivity index (χ4n) is 10.7. The van der Waals surface area contributed by atoms with Crippen LogP contribution in [0.3, 0.4) is 0 Å². The minimum atomic E-state index is -1.40. The maximum absolute atomic E-state index is 15.0. The third-order valence-electron chi connectivity index (χ3n) is 13.5. The van der Waals surface area contributed by atoms with Gasteiger partial charge < -0.3 is 48.7 Å². The Morgan fingerprint density at radius 1 is 0.952 bits per heavy atom. The van der Waals surface area contributed by atoms with Crippen LogP contribution in [0.1, 0.15) is 114 Å². The topological polar surface area (TPSA) is 184 Å². The number of methoxy groups -OCH3 is 2. The smallest absolute Gasteiger partial charge is 0.331 e. The summed E-state index contributed by atoms with van der Waals surface area (Å²) in [6, 6.07) is 3.14. The van der Waals surface area contributed by atoms with Gasteiger partial charge in [-0.2, -0.15) is 0 Å². The number of hydrogen-bond donors (Lipinski definition) is 4. The molecule has 62 heavy (non-hydrogen) atoms. The highest BCUT2D eigenvalue weighted by Crippen LogP contribution is 2.63. The fraction of sp³-hybridized carbons (Fsp3) is 0.543. The average molecular weight is 874 g/mol. The minimum Gasteiger partial charge on any atom is -0.504 e. The molecule has 4 N–H and O–H groups in total. The van der Waals surface area contributed by atoms with E-state index in [1.54, 1.807) is 12.1 Å². The van der Waals surface area contributed by atoms with Crippen molar-refractivity contribution in [2.45, 2.75) is 120 Å². The van der Waals surface area contributed by atoms with Gasteiger partial charge in [-0.3, -0.25) is 19.8 Å². The molecule has 4 bridgehead atoms. The van der Waals surface area contributed by atoms with Crippen LogP contribution < -0.4 is 39.1 Å². The van der Waals surface area contributed by atoms with Gasteiger partial charge in [0.1, 0.15) is 18.6 Å². The monoisotopic (exact) mass is 873 g/mol. The number of phenolic OH excluding ortho intramolecular Hbond substituents is 1. The van der Waals surface area contributed by atoms with E-state index in [0.717, 1.165) is 48.8 Å². The Bertz CT molecular complexity index is 2320. The highest BCUT2D eigenvalue weighted by Gasteiger charge is 2.60. The molecule has 16 heteroatoms. The Hall–Kier alpha value is -4.74. The number of ether oxygens (including phenoxy) is 7. The summed E-state index contributed by atoms with van der Waals surface area (Å²) in [5.74, 6) is 0.879. The van der Waals surface area contributed by atoms with Gasteiger partial charge in [0.25, 0.3) is 0 Å². The lowest BCUT2D eigenvalue weighted by molar-refractivity contribution is -0.164. The number of aliphatic hydroxyl groups is 1. The zero-order valence-electron chi connectivity index (χ0n) is 36.0. The number of rotatable bonds is 10. The first kappa shape index (κ1) is 42.6. The number of aliphatic hydroxyl groups excluding tert-OH is 1. The third kappa shape index (κ3) is 6.84. The summed E-state index contributed by atoms with van der Waals surface area (Å²) in [6.45, 7) is 7.34. The molecule has 2 saturated heterocycles. The van der Waals surface area contributed by atoms with Crippen molar-refractivity contribution in [1.29, 1.82) is 0 Å². The molecule has 7 aliphatic heterocycles. The molecule has 3 aromatic rings. The summed E-state index contributed by atoms with van der Waals surface area (Å²) in [7, 11) is 3.03. The summed E-state index contributed by atoms with van der Waals surface area (Å²) in [4.78, 5) is 43.0. The highest BCUT2D eigenvalue weighted by molar-refractivity contribution is 7.99. The fourth-order valence-corrected chi connectivity index (χ4v) is 12.4. The molecule has 332 valence electrons. The standard InChI is InChI=1S/C46H55N3O12S/c1-7-8-9-10-11-12-32(51)61-31-17-25-13-14-47-46(27(25)18-30(31)55-5)20-62-43-35-34(42-41(58-21-59-42)23(3)40(35)60-24(4)50)29(19-57-45(46)54)49-37(43)36-33-26(16-28(48-36)44(49)53)15-22(2)39(56-6)38(33)52/h15,17-18,28-29,36-37,43-44,47-48,52-53H,7-14,16,19-21H2,1-6H3/t28-,29-,36-,37?,43-,44+,46-/m1/s1. The number of carbonyl (C=O) groups excluding carboxylic acids is 3. The highest BCUT2D eigenvalue weighted by atomic mass is 32.2. The molecule has 0 radical (unpaired) electrons. The van der Waals surface area contributed by atoms with Gasteiger partial charge in [-0.1, -0.05) is 38.7 Å². The van der Waals surface area contributed by atoms with Crippen molar-refractivity contribution >= 4 is 29.7 Å². The van der Waals surface area contributed by atoms with Crippen LogP contribution in [0.2, 0.25) is 0 Å². The Labute approximate surface area is 365 Å². The number of phenols is 1. The molecular weight excluding hydrogens is 819 g/mol. The molecule has 2 fully saturated rings. The number of benzene rings is 3. The molecule has 1 unspecified atom stereocenters. The van der Waals surface area contributed by atoms with Crippen LogP contribution in [0.4, 0.5) is 0 Å². The summed E-state index contributed by atoms with van der Waals surface area (Å²) in [6.07, 6.45) is 5.17. The van der Waals surface area contributed by atoms with E-state index >= 15 is 0 Å². The lowest BCUT2D eigenvalue weighted by Crippen LogP contribution is -2.69. The number of nitrogens with zero attached hydrogens (tertiary/aromatic N) is 1. The van der Waals surface area contributed by atoms with E-state index in [2.05, 4.69) is 17.6 Å². The number of hydrogen-bond acceptors (Lipinski definition) is 16. The van der Waals surface area contributed by atoms with Gasteiger partial charge in [-0.05, 0) is 67.5 Å². The first-order valence-electron chi connectivity index (χ1n) is 21.6. The van der Waals surface area contributed by atoms with E-state index in [1.165, 1.54) is 32.9 Å². The Morgan fingerprint density at radius 2 is 1.74 bits per heavy atom. The molecule has 0 aliphatic carbocycles. The molecule has 7 aliphatic rings. The average Bonchev–Trinajstić information content (AvgIpc) is 3.75. The molecule has 0 aromatic heterocycles. The second kappa shape index (κ2) is 16.8. The number of piperazine rings is 1. The van der Waals surface area contributed by atoms with Gasteiger partial charge in [-0.25, -0.2) is 4.79 Å². The molecule has 3 aromatic carbocycles. The van der Waals surface area contributed by atoms with E-state index in [4.69, 9.17) is 33.2 Å². The van der Waals surface area contributed by atoms with E-state index in [0.29, 0.717) is 81.7 Å². The van der Waals surface area contributed by atoms with Crippen LogP contribution in [0.5, 0.6) is 40.2 Å². The number of nitrogens with one attached hydrogen (secondary N) is 2. The molecule has 7 heterocycles. The SMILES string of the molecule is CCCCCCCC(=O)Oc1cc2c(cc1OC)[C@@]1(CS[C@@H]3c4c(OC(C)=O)c(C)c5c(c4[C@@H](COC1=O)N1C3[C@@H]3N[C@H](Cc4cc(C)c(OC)c(O)c43)[C@@H]1O)OCO5)NCC2. The first-order chi connectivity index (χ1) is 29.9. The predicted molar refractivity (Wildman–Crippen MR) is 227 cm³/mol. The predicted octanol–water partition coefficient (Wildman–Crippen LogP) is 5.63. The lowest BCUT2D eigenvalue weighted by atomic mass is 9.74. The number of carbonyl (C=O) groups is 3. The van der Waals surface area contributed by atoms with E-state index < -0.39 is 53.1 Å². The zero-order chi connectivity index (χ0) is 43.6. The van der Waals surface area contributed by atoms with Crippen LogP contribution in [-0.4, -0.2) is 91.2 Å². The van der Waals surface area contributed by atoms with Gasteiger partial charge in [0.05, 0.1) is 37.6 Å². The second-order valence-corrected chi connectivity index (χ2v) is 18.3. The summed E-state index contributed by atoms with van der Waals surface area (Å²) >= 11 is 1.45. The molecule has 1 spiro atoms. The van der Waals surface area contributed by atoms with Crippen molar-refractivity contribution in [3.63, 3.8) is 0 Å². The van der Waals surface area contributed by atoms with E-state index in [1.807, 2.05) is 24.8 Å². The Morgan fingerprint density at radius 3 is 2.50 bits per heavy atom. The number of aryl methyl sites for hydroxylation is 1. The summed E-state index contributed by atoms with van der Waals surface area (Å²) in [5, 5.41) is 31.1. The van der Waals surface area contributed by atoms with Crippen molar-refractivity contribution in [3.05, 3.63) is 62.7 Å². The minimum absolute atomic E-state index is 0.0147. The van der Waals surface area contributed by atoms with Gasteiger partial charge >= 0.3 is 17.9 Å². The maximum atomic E-state index is 15.0. The van der Waals surface area contributed by atoms with Crippen molar-refractivity contribution in [3.8, 4) is 40.2 Å². The van der Waals surface area contributed by atoms with Crippen LogP contribution in [0.15, 0.2) is 18.2 Å². The van der Waals surface area contributed by atoms with E-state index in [-0.39, 0.29) is 37.3 Å². The quantitative estimate of drug-likeness (QED) is 0.112.